The highest BCUT2D eigenvalue weighted by Crippen LogP contribution is 2.36. The third-order valence-electron chi connectivity index (χ3n) is 4.48. The first kappa shape index (κ1) is 12.7. The Kier molecular flexibility index (Phi) is 3.56. The van der Waals surface area contributed by atoms with E-state index in [0.717, 1.165) is 32.5 Å². The zero-order valence-electron chi connectivity index (χ0n) is 11.5. The highest BCUT2D eigenvalue weighted by molar-refractivity contribution is 5.72. The van der Waals surface area contributed by atoms with E-state index < -0.39 is 0 Å². The maximum Gasteiger partial charge on any atom is 0.309 e. The molecule has 19 heavy (non-hydrogen) atoms. The molecular weight excluding hydrogens is 238 g/mol. The van der Waals surface area contributed by atoms with Crippen LogP contribution in [-0.4, -0.2) is 37.6 Å². The van der Waals surface area contributed by atoms with Crippen LogP contribution in [0.5, 0.6) is 0 Å². The fourth-order valence-electron chi connectivity index (χ4n) is 3.42. The van der Waals surface area contributed by atoms with Gasteiger partial charge in [-0.3, -0.25) is 4.79 Å². The van der Waals surface area contributed by atoms with Crippen LogP contribution in [0.4, 0.5) is 0 Å². The second kappa shape index (κ2) is 5.33. The number of carbonyl (C=O) groups excluding carboxylic acids is 1. The number of esters is 1. The number of piperidine rings is 1. The SMILES string of the molecule is COC(=O)C1CCCN(CC2Cc3ccccc32)C1. The van der Waals surface area contributed by atoms with Gasteiger partial charge in [-0.1, -0.05) is 24.3 Å². The van der Waals surface area contributed by atoms with Crippen molar-refractivity contribution in [3.05, 3.63) is 35.4 Å². The lowest BCUT2D eigenvalue weighted by molar-refractivity contribution is -0.147. The molecule has 0 amide bonds. The Morgan fingerprint density at radius 2 is 2.26 bits per heavy atom. The molecule has 0 aromatic heterocycles. The number of hydrogen-bond acceptors (Lipinski definition) is 3. The summed E-state index contributed by atoms with van der Waals surface area (Å²) in [5.74, 6) is 0.695. The fraction of sp³-hybridized carbons (Fsp3) is 0.562. The second-order valence-electron chi connectivity index (χ2n) is 5.72. The van der Waals surface area contributed by atoms with Gasteiger partial charge >= 0.3 is 5.97 Å². The molecule has 2 unspecified atom stereocenters. The van der Waals surface area contributed by atoms with Crippen LogP contribution in [0.25, 0.3) is 0 Å². The molecule has 1 aromatic rings. The van der Waals surface area contributed by atoms with Crippen LogP contribution in [-0.2, 0) is 16.0 Å². The van der Waals surface area contributed by atoms with Gasteiger partial charge in [0.15, 0.2) is 0 Å². The minimum Gasteiger partial charge on any atom is -0.469 e. The first-order valence-corrected chi connectivity index (χ1v) is 7.16. The van der Waals surface area contributed by atoms with Gasteiger partial charge in [0.1, 0.15) is 0 Å². The van der Waals surface area contributed by atoms with E-state index in [2.05, 4.69) is 29.2 Å². The summed E-state index contributed by atoms with van der Waals surface area (Å²) in [6, 6.07) is 8.70. The molecule has 2 atom stereocenters. The smallest absolute Gasteiger partial charge is 0.309 e. The summed E-state index contributed by atoms with van der Waals surface area (Å²) in [5.41, 5.74) is 3.00. The molecule has 0 bridgehead atoms. The minimum atomic E-state index is -0.0429. The van der Waals surface area contributed by atoms with Crippen LogP contribution < -0.4 is 0 Å². The fourth-order valence-corrected chi connectivity index (χ4v) is 3.42. The van der Waals surface area contributed by atoms with Crippen LogP contribution in [0.2, 0.25) is 0 Å². The molecule has 2 aliphatic rings. The molecule has 0 spiro atoms. The number of likely N-dealkylation sites (tertiary alicyclic amines) is 1. The molecular formula is C16H21NO2. The van der Waals surface area contributed by atoms with Crippen LogP contribution >= 0.6 is 0 Å². The van der Waals surface area contributed by atoms with Crippen LogP contribution in [0, 0.1) is 5.92 Å². The highest BCUT2D eigenvalue weighted by atomic mass is 16.5. The van der Waals surface area contributed by atoms with E-state index in [1.165, 1.54) is 24.7 Å². The van der Waals surface area contributed by atoms with Gasteiger partial charge in [-0.25, -0.2) is 0 Å². The second-order valence-corrected chi connectivity index (χ2v) is 5.72. The van der Waals surface area contributed by atoms with E-state index in [1.54, 1.807) is 0 Å². The third-order valence-corrected chi connectivity index (χ3v) is 4.48. The largest absolute Gasteiger partial charge is 0.469 e. The van der Waals surface area contributed by atoms with E-state index in [1.807, 2.05) is 0 Å². The normalized spacial score (nSPS) is 26.4. The van der Waals surface area contributed by atoms with E-state index in [-0.39, 0.29) is 11.9 Å². The van der Waals surface area contributed by atoms with Crippen LogP contribution in [0.1, 0.15) is 29.9 Å². The maximum atomic E-state index is 11.6. The summed E-state index contributed by atoms with van der Waals surface area (Å²) in [6.07, 6.45) is 3.27. The van der Waals surface area contributed by atoms with Crippen molar-refractivity contribution in [2.45, 2.75) is 25.2 Å². The van der Waals surface area contributed by atoms with Crippen molar-refractivity contribution in [1.29, 1.82) is 0 Å². The van der Waals surface area contributed by atoms with Crippen molar-refractivity contribution in [1.82, 2.24) is 4.90 Å². The number of benzene rings is 1. The van der Waals surface area contributed by atoms with E-state index in [4.69, 9.17) is 4.74 Å². The maximum absolute atomic E-state index is 11.6. The quantitative estimate of drug-likeness (QED) is 0.779. The zero-order chi connectivity index (χ0) is 13.2. The van der Waals surface area contributed by atoms with Gasteiger partial charge in [-0.2, -0.15) is 0 Å². The molecule has 1 saturated heterocycles. The predicted octanol–water partition coefficient (Wildman–Crippen LogP) is 2.21. The number of rotatable bonds is 3. The molecule has 1 aliphatic carbocycles. The van der Waals surface area contributed by atoms with E-state index >= 15 is 0 Å². The van der Waals surface area contributed by atoms with Crippen molar-refractivity contribution in [3.63, 3.8) is 0 Å². The van der Waals surface area contributed by atoms with Crippen molar-refractivity contribution < 1.29 is 9.53 Å². The third kappa shape index (κ3) is 2.52. The molecule has 1 heterocycles. The average molecular weight is 259 g/mol. The summed E-state index contributed by atoms with van der Waals surface area (Å²) >= 11 is 0. The molecule has 3 nitrogen and oxygen atoms in total. The Bertz CT molecular complexity index is 472. The Morgan fingerprint density at radius 1 is 1.42 bits per heavy atom. The zero-order valence-corrected chi connectivity index (χ0v) is 11.5. The van der Waals surface area contributed by atoms with Crippen molar-refractivity contribution in [2.24, 2.45) is 5.92 Å². The summed E-state index contributed by atoms with van der Waals surface area (Å²) in [4.78, 5) is 14.1. The topological polar surface area (TPSA) is 29.5 Å². The number of fused-ring (bicyclic) bond motifs is 1. The highest BCUT2D eigenvalue weighted by Gasteiger charge is 2.31. The van der Waals surface area contributed by atoms with Crippen LogP contribution in [0.15, 0.2) is 24.3 Å². The molecule has 0 saturated carbocycles. The average Bonchev–Trinajstić information content (AvgIpc) is 2.44. The lowest BCUT2D eigenvalue weighted by Gasteiger charge is -2.38. The van der Waals surface area contributed by atoms with E-state index in [0.29, 0.717) is 5.92 Å². The first-order valence-electron chi connectivity index (χ1n) is 7.16. The predicted molar refractivity (Wildman–Crippen MR) is 74.1 cm³/mol. The summed E-state index contributed by atoms with van der Waals surface area (Å²) in [5, 5.41) is 0. The van der Waals surface area contributed by atoms with E-state index in [9.17, 15) is 4.79 Å². The van der Waals surface area contributed by atoms with Gasteiger partial charge in [0.2, 0.25) is 0 Å². The summed E-state index contributed by atoms with van der Waals surface area (Å²) in [6.45, 7) is 3.07. The standard InChI is InChI=1S/C16H21NO2/c1-19-16(18)13-6-4-8-17(10-13)11-14-9-12-5-2-3-7-15(12)14/h2-3,5,7,13-14H,4,6,8-11H2,1H3. The molecule has 1 fully saturated rings. The van der Waals surface area contributed by atoms with Crippen molar-refractivity contribution in [2.75, 3.05) is 26.7 Å². The van der Waals surface area contributed by atoms with Gasteiger partial charge < -0.3 is 9.64 Å². The lowest BCUT2D eigenvalue weighted by atomic mass is 9.77. The monoisotopic (exact) mass is 259 g/mol. The van der Waals surface area contributed by atoms with Gasteiger partial charge in [-0.05, 0) is 36.9 Å². The number of carbonyl (C=O) groups is 1. The molecule has 1 aliphatic heterocycles. The first-order chi connectivity index (χ1) is 9.28. The Labute approximate surface area is 114 Å². The number of hydrogen-bond donors (Lipinski definition) is 0. The number of ether oxygens (including phenoxy) is 1. The molecule has 0 N–H and O–H groups in total. The minimum absolute atomic E-state index is 0.0429. The van der Waals surface area contributed by atoms with Crippen molar-refractivity contribution >= 4 is 5.97 Å². The Morgan fingerprint density at radius 3 is 3.05 bits per heavy atom. The van der Waals surface area contributed by atoms with Crippen LogP contribution in [0.3, 0.4) is 0 Å². The Balaban J connectivity index is 1.58. The van der Waals surface area contributed by atoms with Gasteiger partial charge in [0.05, 0.1) is 13.0 Å². The summed E-state index contributed by atoms with van der Waals surface area (Å²) in [7, 11) is 1.49. The number of nitrogens with zero attached hydrogens (tertiary/aromatic N) is 1. The summed E-state index contributed by atoms with van der Waals surface area (Å²) < 4.78 is 4.87. The molecule has 3 heteroatoms. The Hall–Kier alpha value is -1.35. The molecule has 3 rings (SSSR count). The molecule has 102 valence electrons. The molecule has 1 aromatic carbocycles. The van der Waals surface area contributed by atoms with Crippen molar-refractivity contribution in [3.8, 4) is 0 Å². The lowest BCUT2D eigenvalue weighted by Crippen LogP contribution is -2.42. The molecule has 0 radical (unpaired) electrons. The number of methoxy groups -OCH3 is 1. The van der Waals surface area contributed by atoms with Gasteiger partial charge in [0, 0.05) is 19.0 Å². The van der Waals surface area contributed by atoms with Gasteiger partial charge in [0.25, 0.3) is 0 Å². The van der Waals surface area contributed by atoms with Gasteiger partial charge in [-0.15, -0.1) is 0 Å².